The molecule has 0 spiro atoms. The summed E-state index contributed by atoms with van der Waals surface area (Å²) >= 11 is 0. The second-order valence-electron chi connectivity index (χ2n) is 5.48. The van der Waals surface area contributed by atoms with Gasteiger partial charge >= 0.3 is 0 Å². The summed E-state index contributed by atoms with van der Waals surface area (Å²) in [6.07, 6.45) is 0.866. The zero-order valence-corrected chi connectivity index (χ0v) is 12.6. The highest BCUT2D eigenvalue weighted by atomic mass is 16.5. The Balaban J connectivity index is 4.09. The highest BCUT2D eigenvalue weighted by molar-refractivity contribution is 4.91. The number of ether oxygens (including phenoxy) is 1. The molecule has 0 aromatic carbocycles. The number of hydrogen-bond acceptors (Lipinski definition) is 4. The molecule has 0 heterocycles. The lowest BCUT2D eigenvalue weighted by Crippen LogP contribution is -2.39. The van der Waals surface area contributed by atoms with Crippen LogP contribution in [0.5, 0.6) is 0 Å². The van der Waals surface area contributed by atoms with Crippen molar-refractivity contribution in [3.63, 3.8) is 0 Å². The van der Waals surface area contributed by atoms with Gasteiger partial charge in [0.05, 0.1) is 18.7 Å². The number of nitriles is 1. The van der Waals surface area contributed by atoms with Crippen molar-refractivity contribution < 1.29 is 4.74 Å². The first-order valence-corrected chi connectivity index (χ1v) is 6.86. The molecule has 0 bridgehead atoms. The third-order valence-corrected chi connectivity index (χ3v) is 2.66. The molecule has 0 saturated heterocycles. The van der Waals surface area contributed by atoms with Crippen molar-refractivity contribution in [2.75, 3.05) is 33.4 Å². The molecular formula is C14H29N3O. The molecule has 0 amide bonds. The Morgan fingerprint density at radius 2 is 1.89 bits per heavy atom. The summed E-state index contributed by atoms with van der Waals surface area (Å²) in [6.45, 7) is 12.3. The summed E-state index contributed by atoms with van der Waals surface area (Å²) in [4.78, 5) is 2.38. The van der Waals surface area contributed by atoms with Crippen LogP contribution in [0.1, 0.15) is 34.1 Å². The lowest BCUT2D eigenvalue weighted by molar-refractivity contribution is 0.138. The number of rotatable bonds is 10. The molecule has 0 saturated carbocycles. The second kappa shape index (κ2) is 10.3. The molecule has 4 heteroatoms. The Hall–Kier alpha value is -0.630. The highest BCUT2D eigenvalue weighted by Gasteiger charge is 2.12. The van der Waals surface area contributed by atoms with Crippen molar-refractivity contribution in [3.8, 4) is 6.07 Å². The van der Waals surface area contributed by atoms with Crippen molar-refractivity contribution in [2.45, 2.75) is 46.2 Å². The Bertz CT molecular complexity index is 236. The van der Waals surface area contributed by atoms with E-state index in [9.17, 15) is 0 Å². The van der Waals surface area contributed by atoms with Gasteiger partial charge in [-0.3, -0.25) is 5.32 Å². The predicted molar refractivity (Wildman–Crippen MR) is 75.4 cm³/mol. The molecule has 0 aliphatic carbocycles. The predicted octanol–water partition coefficient (Wildman–Crippen LogP) is 1.87. The molecule has 4 nitrogen and oxygen atoms in total. The molecule has 106 valence electrons. The summed E-state index contributed by atoms with van der Waals surface area (Å²) in [6, 6.07) is 2.63. The SMILES string of the molecule is COCCN(CCC(C#N)NC(C)C)CC(C)C. The van der Waals surface area contributed by atoms with Crippen molar-refractivity contribution in [1.82, 2.24) is 10.2 Å². The van der Waals surface area contributed by atoms with E-state index in [0.717, 1.165) is 32.7 Å². The fraction of sp³-hybridized carbons (Fsp3) is 0.929. The second-order valence-corrected chi connectivity index (χ2v) is 5.48. The van der Waals surface area contributed by atoms with E-state index in [2.05, 4.69) is 44.0 Å². The molecule has 0 aliphatic heterocycles. The van der Waals surface area contributed by atoms with E-state index >= 15 is 0 Å². The normalized spacial score (nSPS) is 13.3. The maximum atomic E-state index is 9.09. The fourth-order valence-electron chi connectivity index (χ4n) is 1.93. The van der Waals surface area contributed by atoms with E-state index in [1.165, 1.54) is 0 Å². The third kappa shape index (κ3) is 9.41. The van der Waals surface area contributed by atoms with Gasteiger partial charge in [-0.25, -0.2) is 0 Å². The number of hydrogen-bond donors (Lipinski definition) is 1. The van der Waals surface area contributed by atoms with Gasteiger partial charge in [0.2, 0.25) is 0 Å². The van der Waals surface area contributed by atoms with Crippen molar-refractivity contribution in [2.24, 2.45) is 5.92 Å². The smallest absolute Gasteiger partial charge is 0.0967 e. The Morgan fingerprint density at radius 3 is 2.33 bits per heavy atom. The summed E-state index contributed by atoms with van der Waals surface area (Å²) in [5.74, 6) is 0.639. The van der Waals surface area contributed by atoms with Gasteiger partial charge in [0.1, 0.15) is 0 Å². The van der Waals surface area contributed by atoms with Crippen molar-refractivity contribution >= 4 is 0 Å². The van der Waals surface area contributed by atoms with E-state index in [1.54, 1.807) is 7.11 Å². The molecule has 0 radical (unpaired) electrons. The van der Waals surface area contributed by atoms with Crippen LogP contribution in [-0.2, 0) is 4.74 Å². The van der Waals surface area contributed by atoms with Crippen LogP contribution >= 0.6 is 0 Å². The summed E-state index contributed by atoms with van der Waals surface area (Å²) < 4.78 is 5.13. The number of methoxy groups -OCH3 is 1. The molecule has 0 fully saturated rings. The van der Waals surface area contributed by atoms with Crippen LogP contribution in [0.3, 0.4) is 0 Å². The number of nitrogens with one attached hydrogen (secondary N) is 1. The zero-order chi connectivity index (χ0) is 14.0. The van der Waals surface area contributed by atoms with Gasteiger partial charge < -0.3 is 9.64 Å². The number of nitrogens with zero attached hydrogens (tertiary/aromatic N) is 2. The topological polar surface area (TPSA) is 48.3 Å². The van der Waals surface area contributed by atoms with Gasteiger partial charge in [-0.15, -0.1) is 0 Å². The molecule has 0 rings (SSSR count). The summed E-state index contributed by atoms with van der Waals surface area (Å²) in [5, 5.41) is 12.4. The first-order chi connectivity index (χ1) is 8.49. The standard InChI is InChI=1S/C14H29N3O/c1-12(2)11-17(8-9-18-5)7-6-14(10-15)16-13(3)4/h12-14,16H,6-9,11H2,1-5H3. The van der Waals surface area contributed by atoms with Gasteiger partial charge in [0.25, 0.3) is 0 Å². The van der Waals surface area contributed by atoms with Gasteiger partial charge in [-0.05, 0) is 26.2 Å². The van der Waals surface area contributed by atoms with Crippen LogP contribution in [0.2, 0.25) is 0 Å². The van der Waals surface area contributed by atoms with E-state index in [4.69, 9.17) is 10.00 Å². The minimum absolute atomic E-state index is 0.0535. The minimum atomic E-state index is -0.0535. The maximum Gasteiger partial charge on any atom is 0.0967 e. The lowest BCUT2D eigenvalue weighted by Gasteiger charge is -2.25. The average Bonchev–Trinajstić information content (AvgIpc) is 2.29. The molecule has 0 aromatic heterocycles. The Kier molecular flexibility index (Phi) is 9.95. The highest BCUT2D eigenvalue weighted by Crippen LogP contribution is 2.02. The first-order valence-electron chi connectivity index (χ1n) is 6.86. The Morgan fingerprint density at radius 1 is 1.22 bits per heavy atom. The minimum Gasteiger partial charge on any atom is -0.383 e. The van der Waals surface area contributed by atoms with Crippen LogP contribution in [-0.4, -0.2) is 50.3 Å². The van der Waals surface area contributed by atoms with Crippen LogP contribution in [0.25, 0.3) is 0 Å². The maximum absolute atomic E-state index is 9.09. The monoisotopic (exact) mass is 255 g/mol. The molecule has 0 aromatic rings. The van der Waals surface area contributed by atoms with E-state index in [1.807, 2.05) is 0 Å². The van der Waals surface area contributed by atoms with Gasteiger partial charge in [0, 0.05) is 32.8 Å². The van der Waals surface area contributed by atoms with Gasteiger partial charge in [-0.1, -0.05) is 13.8 Å². The average molecular weight is 255 g/mol. The van der Waals surface area contributed by atoms with Crippen LogP contribution in [0.4, 0.5) is 0 Å². The van der Waals surface area contributed by atoms with Crippen molar-refractivity contribution in [1.29, 1.82) is 5.26 Å². The lowest BCUT2D eigenvalue weighted by atomic mass is 10.1. The first kappa shape index (κ1) is 17.4. The van der Waals surface area contributed by atoms with Gasteiger partial charge in [-0.2, -0.15) is 5.26 Å². The third-order valence-electron chi connectivity index (χ3n) is 2.66. The van der Waals surface area contributed by atoms with Crippen molar-refractivity contribution in [3.05, 3.63) is 0 Å². The quantitative estimate of drug-likeness (QED) is 0.647. The van der Waals surface area contributed by atoms with E-state index < -0.39 is 0 Å². The van der Waals surface area contributed by atoms with Crippen LogP contribution in [0.15, 0.2) is 0 Å². The molecular weight excluding hydrogens is 226 g/mol. The molecule has 1 unspecified atom stereocenters. The molecule has 1 N–H and O–H groups in total. The van der Waals surface area contributed by atoms with Gasteiger partial charge in [0.15, 0.2) is 0 Å². The summed E-state index contributed by atoms with van der Waals surface area (Å²) in [5.41, 5.74) is 0. The molecule has 0 aliphatic rings. The van der Waals surface area contributed by atoms with Crippen LogP contribution in [0, 0.1) is 17.2 Å². The fourth-order valence-corrected chi connectivity index (χ4v) is 1.93. The van der Waals surface area contributed by atoms with E-state index in [-0.39, 0.29) is 6.04 Å². The summed E-state index contributed by atoms with van der Waals surface area (Å²) in [7, 11) is 1.73. The molecule has 1 atom stereocenters. The Labute approximate surface area is 112 Å². The zero-order valence-electron chi connectivity index (χ0n) is 12.6. The largest absolute Gasteiger partial charge is 0.383 e. The van der Waals surface area contributed by atoms with Crippen LogP contribution < -0.4 is 5.32 Å². The molecule has 18 heavy (non-hydrogen) atoms. The van der Waals surface area contributed by atoms with E-state index in [0.29, 0.717) is 12.0 Å².